The van der Waals surface area contributed by atoms with Crippen molar-refractivity contribution in [3.05, 3.63) is 58.9 Å². The third-order valence-corrected chi connectivity index (χ3v) is 5.92. The van der Waals surface area contributed by atoms with E-state index < -0.39 is 5.97 Å². The highest BCUT2D eigenvalue weighted by molar-refractivity contribution is 7.99. The Morgan fingerprint density at radius 2 is 1.82 bits per heavy atom. The van der Waals surface area contributed by atoms with Crippen molar-refractivity contribution in [3.63, 3.8) is 0 Å². The lowest BCUT2D eigenvalue weighted by atomic mass is 10.2. The molecule has 2 aromatic carbocycles. The third-order valence-electron chi connectivity index (χ3n) is 4.62. The van der Waals surface area contributed by atoms with E-state index in [9.17, 15) is 9.59 Å². The lowest BCUT2D eigenvalue weighted by molar-refractivity contribution is -0.113. The van der Waals surface area contributed by atoms with Crippen molar-refractivity contribution in [2.75, 3.05) is 24.8 Å². The van der Waals surface area contributed by atoms with E-state index >= 15 is 0 Å². The number of halogens is 1. The number of rotatable bonds is 11. The summed E-state index contributed by atoms with van der Waals surface area (Å²) in [6.07, 6.45) is 0. The van der Waals surface area contributed by atoms with Gasteiger partial charge in [-0.1, -0.05) is 23.4 Å². The predicted molar refractivity (Wildman–Crippen MR) is 130 cm³/mol. The molecule has 0 aliphatic rings. The van der Waals surface area contributed by atoms with Crippen LogP contribution in [0.2, 0.25) is 5.02 Å². The van der Waals surface area contributed by atoms with Gasteiger partial charge >= 0.3 is 5.97 Å². The number of esters is 1. The number of carbonyl (C=O) groups is 2. The molecule has 3 aromatic rings. The molecule has 180 valence electrons. The molecule has 0 aliphatic heterocycles. The molecule has 0 bridgehead atoms. The molecule has 0 saturated carbocycles. The summed E-state index contributed by atoms with van der Waals surface area (Å²) < 4.78 is 17.8. The van der Waals surface area contributed by atoms with Gasteiger partial charge in [0.1, 0.15) is 18.1 Å². The first kappa shape index (κ1) is 25.4. The number of aromatic nitrogens is 3. The zero-order valence-electron chi connectivity index (χ0n) is 19.0. The molecule has 0 saturated heterocycles. The first-order valence-electron chi connectivity index (χ1n) is 10.5. The van der Waals surface area contributed by atoms with E-state index in [2.05, 4.69) is 15.5 Å². The fourth-order valence-corrected chi connectivity index (χ4v) is 3.93. The van der Waals surface area contributed by atoms with Crippen LogP contribution in [-0.4, -0.2) is 46.1 Å². The van der Waals surface area contributed by atoms with Crippen molar-refractivity contribution in [1.82, 2.24) is 14.8 Å². The van der Waals surface area contributed by atoms with Gasteiger partial charge in [-0.2, -0.15) is 0 Å². The van der Waals surface area contributed by atoms with Crippen LogP contribution in [0.25, 0.3) is 0 Å². The number of hydrogen-bond donors (Lipinski definition) is 1. The maximum atomic E-state index is 12.5. The summed E-state index contributed by atoms with van der Waals surface area (Å²) >= 11 is 7.41. The molecule has 3 rings (SSSR count). The number of thioether (sulfide) groups is 1. The Hall–Kier alpha value is -3.24. The van der Waals surface area contributed by atoms with Crippen LogP contribution in [0.3, 0.4) is 0 Å². The summed E-state index contributed by atoms with van der Waals surface area (Å²) in [5.41, 5.74) is 0.643. The Morgan fingerprint density at radius 3 is 2.50 bits per heavy atom. The van der Waals surface area contributed by atoms with Crippen LogP contribution in [-0.2, 0) is 22.7 Å². The van der Waals surface area contributed by atoms with Crippen molar-refractivity contribution in [3.8, 4) is 11.5 Å². The fourth-order valence-electron chi connectivity index (χ4n) is 2.95. The SMILES string of the molecule is CCOC(=O)c1ccc(Cl)c(NC(=O)CSc2nnc(COc3ccc(OC)cc3)n2CC)c1. The maximum absolute atomic E-state index is 12.5. The number of ether oxygens (including phenoxy) is 3. The smallest absolute Gasteiger partial charge is 0.338 e. The monoisotopic (exact) mass is 504 g/mol. The number of hydrogen-bond acceptors (Lipinski definition) is 8. The van der Waals surface area contributed by atoms with Crippen molar-refractivity contribution >= 4 is 40.9 Å². The summed E-state index contributed by atoms with van der Waals surface area (Å²) in [6.45, 7) is 4.79. The van der Waals surface area contributed by atoms with Crippen LogP contribution in [0.15, 0.2) is 47.6 Å². The van der Waals surface area contributed by atoms with E-state index in [1.54, 1.807) is 26.2 Å². The van der Waals surface area contributed by atoms with Crippen LogP contribution in [0.1, 0.15) is 30.0 Å². The van der Waals surface area contributed by atoms with Gasteiger partial charge in [-0.3, -0.25) is 4.79 Å². The Labute approximate surface area is 206 Å². The van der Waals surface area contributed by atoms with E-state index in [1.807, 2.05) is 35.8 Å². The summed E-state index contributed by atoms with van der Waals surface area (Å²) in [5.74, 6) is 1.37. The van der Waals surface area contributed by atoms with Gasteiger partial charge in [0, 0.05) is 6.54 Å². The molecular weight excluding hydrogens is 480 g/mol. The number of nitrogens with zero attached hydrogens (tertiary/aromatic N) is 3. The summed E-state index contributed by atoms with van der Waals surface area (Å²) in [4.78, 5) is 24.4. The maximum Gasteiger partial charge on any atom is 0.338 e. The highest BCUT2D eigenvalue weighted by Gasteiger charge is 2.16. The molecular formula is C23H25ClN4O5S. The van der Waals surface area contributed by atoms with Crippen LogP contribution in [0, 0.1) is 0 Å². The lowest BCUT2D eigenvalue weighted by Gasteiger charge is -2.10. The minimum absolute atomic E-state index is 0.0808. The standard InChI is InChI=1S/C23H25ClN4O5S/c1-4-28-20(13-33-17-9-7-16(31-3)8-10-17)26-27-23(28)34-14-21(29)25-19-12-15(6-11-18(19)24)22(30)32-5-2/h6-12H,4-5,13-14H2,1-3H3,(H,25,29). The summed E-state index contributed by atoms with van der Waals surface area (Å²) in [5, 5.41) is 12.0. The Balaban J connectivity index is 1.59. The molecule has 0 atom stereocenters. The lowest BCUT2D eigenvalue weighted by Crippen LogP contribution is -2.16. The molecule has 1 N–H and O–H groups in total. The zero-order valence-corrected chi connectivity index (χ0v) is 20.6. The molecule has 0 fully saturated rings. The summed E-state index contributed by atoms with van der Waals surface area (Å²) in [7, 11) is 1.61. The molecule has 11 heteroatoms. The number of carbonyl (C=O) groups excluding carboxylic acids is 2. The molecule has 34 heavy (non-hydrogen) atoms. The number of anilines is 1. The zero-order chi connectivity index (χ0) is 24.5. The van der Waals surface area contributed by atoms with Crippen molar-refractivity contribution in [2.24, 2.45) is 0 Å². The third kappa shape index (κ3) is 6.64. The summed E-state index contributed by atoms with van der Waals surface area (Å²) in [6, 6.07) is 11.8. The molecule has 0 unspecified atom stereocenters. The molecule has 0 aliphatic carbocycles. The molecule has 1 aromatic heterocycles. The average Bonchev–Trinajstić information content (AvgIpc) is 3.25. The topological polar surface area (TPSA) is 105 Å². The highest BCUT2D eigenvalue weighted by Crippen LogP contribution is 2.25. The van der Waals surface area contributed by atoms with Crippen LogP contribution >= 0.6 is 23.4 Å². The quantitative estimate of drug-likeness (QED) is 0.302. The van der Waals surface area contributed by atoms with Gasteiger partial charge in [-0.15, -0.1) is 10.2 Å². The highest BCUT2D eigenvalue weighted by atomic mass is 35.5. The van der Waals surface area contributed by atoms with Gasteiger partial charge in [-0.05, 0) is 56.3 Å². The van der Waals surface area contributed by atoms with Crippen LogP contribution in [0.4, 0.5) is 5.69 Å². The van der Waals surface area contributed by atoms with Gasteiger partial charge in [0.15, 0.2) is 11.0 Å². The first-order valence-corrected chi connectivity index (χ1v) is 11.9. The molecule has 1 amide bonds. The van der Waals surface area contributed by atoms with E-state index in [-0.39, 0.29) is 24.9 Å². The van der Waals surface area contributed by atoms with Crippen molar-refractivity contribution in [1.29, 1.82) is 0 Å². The second-order valence-corrected chi connectivity index (χ2v) is 8.21. The molecule has 0 spiro atoms. The van der Waals surface area contributed by atoms with Gasteiger partial charge in [0.2, 0.25) is 5.91 Å². The van der Waals surface area contributed by atoms with E-state index in [0.717, 1.165) is 5.75 Å². The van der Waals surface area contributed by atoms with Gasteiger partial charge in [0.25, 0.3) is 0 Å². The molecule has 0 radical (unpaired) electrons. The Morgan fingerprint density at radius 1 is 1.09 bits per heavy atom. The second-order valence-electron chi connectivity index (χ2n) is 6.86. The van der Waals surface area contributed by atoms with Gasteiger partial charge in [0.05, 0.1) is 35.7 Å². The Bertz CT molecular complexity index is 1140. The molecule has 9 nitrogen and oxygen atoms in total. The predicted octanol–water partition coefficient (Wildman–Crippen LogP) is 4.45. The van der Waals surface area contributed by atoms with Gasteiger partial charge in [-0.25, -0.2) is 4.79 Å². The number of methoxy groups -OCH3 is 1. The van der Waals surface area contributed by atoms with E-state index in [1.165, 1.54) is 17.8 Å². The number of amides is 1. The normalized spacial score (nSPS) is 10.6. The van der Waals surface area contributed by atoms with Crippen LogP contribution in [0.5, 0.6) is 11.5 Å². The minimum Gasteiger partial charge on any atom is -0.497 e. The molecule has 1 heterocycles. The van der Waals surface area contributed by atoms with E-state index in [4.69, 9.17) is 25.8 Å². The average molecular weight is 505 g/mol. The number of benzene rings is 2. The van der Waals surface area contributed by atoms with E-state index in [0.29, 0.717) is 39.5 Å². The van der Waals surface area contributed by atoms with Crippen LogP contribution < -0.4 is 14.8 Å². The largest absolute Gasteiger partial charge is 0.497 e. The minimum atomic E-state index is -0.482. The van der Waals surface area contributed by atoms with Gasteiger partial charge < -0.3 is 24.1 Å². The second kappa shape index (κ2) is 12.3. The fraction of sp³-hybridized carbons (Fsp3) is 0.304. The first-order chi connectivity index (χ1) is 16.4. The number of nitrogens with one attached hydrogen (secondary N) is 1. The van der Waals surface area contributed by atoms with Crippen molar-refractivity contribution in [2.45, 2.75) is 32.2 Å². The van der Waals surface area contributed by atoms with Crippen molar-refractivity contribution < 1.29 is 23.8 Å². The Kier molecular flexibility index (Phi) is 9.17.